The normalized spacial score (nSPS) is 15.6. The van der Waals surface area contributed by atoms with E-state index in [1.807, 2.05) is 0 Å². The molecule has 0 spiro atoms. The van der Waals surface area contributed by atoms with Crippen molar-refractivity contribution in [3.8, 4) is 0 Å². The standard InChI is InChI=1S/C16H20/c1-4-5-14-6-8-15(9-7-14)16-11-12(2)10-13(16)3/h6-9,11H,4-5,10H2,1-3H3. The lowest BCUT2D eigenvalue weighted by molar-refractivity contribution is 0.922. The first-order valence-electron chi connectivity index (χ1n) is 6.17. The second kappa shape index (κ2) is 4.69. The summed E-state index contributed by atoms with van der Waals surface area (Å²) in [6, 6.07) is 9.05. The third kappa shape index (κ3) is 2.27. The van der Waals surface area contributed by atoms with Crippen LogP contribution in [-0.2, 0) is 6.42 Å². The second-order valence-corrected chi connectivity index (χ2v) is 4.81. The lowest BCUT2D eigenvalue weighted by Crippen LogP contribution is -1.86. The fraction of sp³-hybridized carbons (Fsp3) is 0.375. The van der Waals surface area contributed by atoms with Crippen molar-refractivity contribution in [3.05, 3.63) is 52.6 Å². The summed E-state index contributed by atoms with van der Waals surface area (Å²) in [6.45, 7) is 6.67. The van der Waals surface area contributed by atoms with Gasteiger partial charge in [0.05, 0.1) is 0 Å². The maximum Gasteiger partial charge on any atom is -0.0101 e. The number of rotatable bonds is 3. The maximum atomic E-state index is 2.32. The van der Waals surface area contributed by atoms with Gasteiger partial charge in [0.15, 0.2) is 0 Å². The van der Waals surface area contributed by atoms with E-state index in [0.717, 1.165) is 6.42 Å². The molecule has 0 nitrogen and oxygen atoms in total. The van der Waals surface area contributed by atoms with Gasteiger partial charge in [0.25, 0.3) is 0 Å². The Bertz CT molecular complexity index is 430. The molecule has 16 heavy (non-hydrogen) atoms. The van der Waals surface area contributed by atoms with Gasteiger partial charge in [-0.25, -0.2) is 0 Å². The van der Waals surface area contributed by atoms with E-state index in [9.17, 15) is 0 Å². The van der Waals surface area contributed by atoms with Crippen LogP contribution in [0.3, 0.4) is 0 Å². The van der Waals surface area contributed by atoms with Crippen molar-refractivity contribution in [2.45, 2.75) is 40.0 Å². The Balaban J connectivity index is 2.25. The topological polar surface area (TPSA) is 0 Å². The first-order chi connectivity index (χ1) is 7.70. The zero-order chi connectivity index (χ0) is 11.5. The van der Waals surface area contributed by atoms with Gasteiger partial charge >= 0.3 is 0 Å². The Hall–Kier alpha value is -1.30. The smallest absolute Gasteiger partial charge is 0.0101 e. The van der Waals surface area contributed by atoms with Crippen LogP contribution in [0.4, 0.5) is 0 Å². The second-order valence-electron chi connectivity index (χ2n) is 4.81. The van der Waals surface area contributed by atoms with E-state index in [1.54, 1.807) is 0 Å². The summed E-state index contributed by atoms with van der Waals surface area (Å²) >= 11 is 0. The molecule has 84 valence electrons. The van der Waals surface area contributed by atoms with E-state index in [4.69, 9.17) is 0 Å². The van der Waals surface area contributed by atoms with Gasteiger partial charge < -0.3 is 0 Å². The molecule has 0 saturated carbocycles. The SMILES string of the molecule is CCCc1ccc(C2=C(C)CC(C)=C2)cc1. The molecule has 0 unspecified atom stereocenters. The van der Waals surface area contributed by atoms with Gasteiger partial charge in [-0.2, -0.15) is 0 Å². The third-order valence-electron chi connectivity index (χ3n) is 3.20. The molecule has 0 fully saturated rings. The lowest BCUT2D eigenvalue weighted by atomic mass is 10.0. The highest BCUT2D eigenvalue weighted by Crippen LogP contribution is 2.31. The molecule has 1 aliphatic carbocycles. The van der Waals surface area contributed by atoms with E-state index in [0.29, 0.717) is 0 Å². The fourth-order valence-electron chi connectivity index (χ4n) is 2.40. The Labute approximate surface area is 98.7 Å². The molecule has 0 aliphatic heterocycles. The molecule has 0 heteroatoms. The Morgan fingerprint density at radius 3 is 2.25 bits per heavy atom. The van der Waals surface area contributed by atoms with Crippen LogP contribution in [0.1, 0.15) is 44.7 Å². The van der Waals surface area contributed by atoms with E-state index in [-0.39, 0.29) is 0 Å². The Morgan fingerprint density at radius 2 is 1.75 bits per heavy atom. The van der Waals surface area contributed by atoms with Crippen LogP contribution >= 0.6 is 0 Å². The van der Waals surface area contributed by atoms with Gasteiger partial charge in [0.2, 0.25) is 0 Å². The van der Waals surface area contributed by atoms with E-state index in [2.05, 4.69) is 51.1 Å². The van der Waals surface area contributed by atoms with Crippen molar-refractivity contribution in [3.63, 3.8) is 0 Å². The first-order valence-corrected chi connectivity index (χ1v) is 6.17. The lowest BCUT2D eigenvalue weighted by Gasteiger charge is -2.04. The average molecular weight is 212 g/mol. The van der Waals surface area contributed by atoms with Crippen molar-refractivity contribution in [2.24, 2.45) is 0 Å². The van der Waals surface area contributed by atoms with Gasteiger partial charge in [-0.05, 0) is 43.4 Å². The summed E-state index contributed by atoms with van der Waals surface area (Å²) < 4.78 is 0. The zero-order valence-electron chi connectivity index (χ0n) is 10.5. The summed E-state index contributed by atoms with van der Waals surface area (Å²) in [4.78, 5) is 0. The molecule has 1 aromatic rings. The van der Waals surface area contributed by atoms with Crippen LogP contribution in [0.2, 0.25) is 0 Å². The molecule has 0 radical (unpaired) electrons. The minimum Gasteiger partial charge on any atom is -0.0686 e. The molecule has 2 rings (SSSR count). The monoisotopic (exact) mass is 212 g/mol. The van der Waals surface area contributed by atoms with Crippen molar-refractivity contribution in [1.29, 1.82) is 0 Å². The number of hydrogen-bond acceptors (Lipinski definition) is 0. The van der Waals surface area contributed by atoms with Gasteiger partial charge in [0, 0.05) is 0 Å². The molecule has 0 heterocycles. The number of allylic oxidation sites excluding steroid dienone is 4. The largest absolute Gasteiger partial charge is 0.0686 e. The van der Waals surface area contributed by atoms with Crippen LogP contribution in [0.15, 0.2) is 41.5 Å². The van der Waals surface area contributed by atoms with Crippen LogP contribution in [0.25, 0.3) is 5.57 Å². The summed E-state index contributed by atoms with van der Waals surface area (Å²) in [5.41, 5.74) is 7.23. The van der Waals surface area contributed by atoms with Gasteiger partial charge in [-0.1, -0.05) is 54.8 Å². The van der Waals surface area contributed by atoms with Crippen molar-refractivity contribution in [1.82, 2.24) is 0 Å². The predicted molar refractivity (Wildman–Crippen MR) is 71.4 cm³/mol. The highest BCUT2D eigenvalue weighted by atomic mass is 14.2. The molecule has 0 atom stereocenters. The van der Waals surface area contributed by atoms with Gasteiger partial charge in [-0.3, -0.25) is 0 Å². The predicted octanol–water partition coefficient (Wildman–Crippen LogP) is 4.76. The van der Waals surface area contributed by atoms with Crippen LogP contribution in [0, 0.1) is 0 Å². The molecule has 0 saturated heterocycles. The molecule has 0 amide bonds. The molecule has 0 aromatic heterocycles. The molecule has 1 aromatic carbocycles. The van der Waals surface area contributed by atoms with Crippen molar-refractivity contribution < 1.29 is 0 Å². The Morgan fingerprint density at radius 1 is 1.06 bits per heavy atom. The van der Waals surface area contributed by atoms with E-state index < -0.39 is 0 Å². The minimum atomic E-state index is 1.14. The number of benzene rings is 1. The Kier molecular flexibility index (Phi) is 3.28. The fourth-order valence-corrected chi connectivity index (χ4v) is 2.40. The quantitative estimate of drug-likeness (QED) is 0.677. The summed E-state index contributed by atoms with van der Waals surface area (Å²) in [5, 5.41) is 0. The molecule has 0 bridgehead atoms. The average Bonchev–Trinajstić information content (AvgIpc) is 2.59. The zero-order valence-corrected chi connectivity index (χ0v) is 10.5. The summed E-state index contributed by atoms with van der Waals surface area (Å²) in [7, 11) is 0. The van der Waals surface area contributed by atoms with Crippen molar-refractivity contribution >= 4 is 5.57 Å². The van der Waals surface area contributed by atoms with Crippen LogP contribution < -0.4 is 0 Å². The first kappa shape index (κ1) is 11.2. The van der Waals surface area contributed by atoms with E-state index >= 15 is 0 Å². The summed E-state index contributed by atoms with van der Waals surface area (Å²) in [5.74, 6) is 0. The third-order valence-corrected chi connectivity index (χ3v) is 3.20. The number of hydrogen-bond donors (Lipinski definition) is 0. The highest BCUT2D eigenvalue weighted by molar-refractivity contribution is 5.80. The number of aryl methyl sites for hydroxylation is 1. The molecular weight excluding hydrogens is 192 g/mol. The molecule has 1 aliphatic rings. The van der Waals surface area contributed by atoms with Gasteiger partial charge in [-0.15, -0.1) is 0 Å². The minimum absolute atomic E-state index is 1.14. The van der Waals surface area contributed by atoms with Gasteiger partial charge in [0.1, 0.15) is 0 Å². The molecular formula is C16H20. The molecule has 0 N–H and O–H groups in total. The maximum absolute atomic E-state index is 2.32. The van der Waals surface area contributed by atoms with Crippen LogP contribution in [-0.4, -0.2) is 0 Å². The van der Waals surface area contributed by atoms with Crippen LogP contribution in [0.5, 0.6) is 0 Å². The highest BCUT2D eigenvalue weighted by Gasteiger charge is 2.10. The summed E-state index contributed by atoms with van der Waals surface area (Å²) in [6.07, 6.45) is 5.88. The van der Waals surface area contributed by atoms with Crippen molar-refractivity contribution in [2.75, 3.05) is 0 Å². The van der Waals surface area contributed by atoms with E-state index in [1.165, 1.54) is 40.7 Å².